The Bertz CT molecular complexity index is 633. The van der Waals surface area contributed by atoms with Crippen LogP contribution in [-0.4, -0.2) is 16.2 Å². The SMILES string of the molecule is CCCCCCNn1c(=S)c(CCC)cc2cccnc21. The molecule has 21 heavy (non-hydrogen) atoms. The highest BCUT2D eigenvalue weighted by Gasteiger charge is 2.06. The fourth-order valence-corrected chi connectivity index (χ4v) is 2.85. The van der Waals surface area contributed by atoms with Crippen molar-refractivity contribution < 1.29 is 0 Å². The number of hydrogen-bond acceptors (Lipinski definition) is 3. The van der Waals surface area contributed by atoms with Crippen LogP contribution < -0.4 is 5.43 Å². The number of rotatable bonds is 8. The minimum absolute atomic E-state index is 0.874. The molecule has 2 rings (SSSR count). The Kier molecular flexibility index (Phi) is 6.18. The zero-order valence-electron chi connectivity index (χ0n) is 13.1. The summed E-state index contributed by atoms with van der Waals surface area (Å²) in [7, 11) is 0. The first-order valence-corrected chi connectivity index (χ1v) is 8.42. The first-order chi connectivity index (χ1) is 10.3. The van der Waals surface area contributed by atoms with Gasteiger partial charge in [-0.2, -0.15) is 0 Å². The number of pyridine rings is 2. The number of aryl methyl sites for hydroxylation is 1. The maximum Gasteiger partial charge on any atom is 0.159 e. The molecule has 0 aliphatic rings. The van der Waals surface area contributed by atoms with E-state index in [4.69, 9.17) is 12.2 Å². The Morgan fingerprint density at radius 3 is 2.81 bits per heavy atom. The normalized spacial score (nSPS) is 11.0. The van der Waals surface area contributed by atoms with E-state index in [1.54, 1.807) is 0 Å². The van der Waals surface area contributed by atoms with Gasteiger partial charge in [0, 0.05) is 18.1 Å². The quantitative estimate of drug-likeness (QED) is 0.559. The second-order valence-electron chi connectivity index (χ2n) is 5.45. The summed E-state index contributed by atoms with van der Waals surface area (Å²) in [5, 5.41) is 1.15. The van der Waals surface area contributed by atoms with Gasteiger partial charge in [-0.15, -0.1) is 0 Å². The molecule has 0 amide bonds. The van der Waals surface area contributed by atoms with Gasteiger partial charge in [-0.3, -0.25) is 0 Å². The molecular formula is C17H25N3S. The number of hydrogen-bond donors (Lipinski definition) is 1. The van der Waals surface area contributed by atoms with Crippen LogP contribution in [0.4, 0.5) is 0 Å². The highest BCUT2D eigenvalue weighted by molar-refractivity contribution is 7.71. The second-order valence-corrected chi connectivity index (χ2v) is 5.83. The summed E-state index contributed by atoms with van der Waals surface area (Å²) in [4.78, 5) is 4.49. The molecule has 0 atom stereocenters. The highest BCUT2D eigenvalue weighted by atomic mass is 32.1. The maximum atomic E-state index is 5.65. The molecule has 0 aromatic carbocycles. The van der Waals surface area contributed by atoms with Crippen LogP contribution in [0.25, 0.3) is 11.0 Å². The van der Waals surface area contributed by atoms with Crippen LogP contribution >= 0.6 is 12.2 Å². The van der Waals surface area contributed by atoms with Crippen molar-refractivity contribution >= 4 is 23.3 Å². The minimum Gasteiger partial charge on any atom is -0.323 e. The molecule has 0 aliphatic carbocycles. The van der Waals surface area contributed by atoms with E-state index >= 15 is 0 Å². The third kappa shape index (κ3) is 4.03. The van der Waals surface area contributed by atoms with Gasteiger partial charge in [0.25, 0.3) is 0 Å². The van der Waals surface area contributed by atoms with Gasteiger partial charge < -0.3 is 5.43 Å². The lowest BCUT2D eigenvalue weighted by Gasteiger charge is -2.15. The van der Waals surface area contributed by atoms with Gasteiger partial charge >= 0.3 is 0 Å². The predicted molar refractivity (Wildman–Crippen MR) is 92.9 cm³/mol. The van der Waals surface area contributed by atoms with Gasteiger partial charge in [-0.05, 0) is 36.6 Å². The number of unbranched alkanes of at least 4 members (excludes halogenated alkanes) is 3. The maximum absolute atomic E-state index is 5.65. The molecule has 3 nitrogen and oxygen atoms in total. The number of fused-ring (bicyclic) bond motifs is 1. The lowest BCUT2D eigenvalue weighted by Crippen LogP contribution is -2.19. The molecule has 4 heteroatoms. The Morgan fingerprint density at radius 2 is 2.05 bits per heavy atom. The van der Waals surface area contributed by atoms with E-state index in [0.717, 1.165) is 35.1 Å². The van der Waals surface area contributed by atoms with Gasteiger partial charge in [0.05, 0.1) is 0 Å². The molecule has 0 bridgehead atoms. The molecule has 2 heterocycles. The van der Waals surface area contributed by atoms with E-state index in [1.807, 2.05) is 16.9 Å². The van der Waals surface area contributed by atoms with Crippen molar-refractivity contribution in [2.75, 3.05) is 12.0 Å². The van der Waals surface area contributed by atoms with Crippen LogP contribution in [0.1, 0.15) is 51.5 Å². The molecule has 2 aromatic rings. The molecule has 0 unspecified atom stereocenters. The third-order valence-electron chi connectivity index (χ3n) is 3.66. The summed E-state index contributed by atoms with van der Waals surface area (Å²) in [6.45, 7) is 5.36. The summed E-state index contributed by atoms with van der Waals surface area (Å²) in [6.07, 6.45) is 8.93. The van der Waals surface area contributed by atoms with Crippen molar-refractivity contribution in [3.05, 3.63) is 34.6 Å². The Balaban J connectivity index is 2.26. The highest BCUT2D eigenvalue weighted by Crippen LogP contribution is 2.16. The standard InChI is InChI=1S/C17H25N3S/c1-3-5-6-7-12-19-20-16-14(10-8-11-18-16)13-15(9-4-2)17(20)21/h8,10-11,13,19H,3-7,9,12H2,1-2H3. The van der Waals surface area contributed by atoms with Crippen molar-refractivity contribution in [3.63, 3.8) is 0 Å². The van der Waals surface area contributed by atoms with Crippen molar-refractivity contribution in [2.24, 2.45) is 0 Å². The largest absolute Gasteiger partial charge is 0.323 e. The monoisotopic (exact) mass is 303 g/mol. The first-order valence-electron chi connectivity index (χ1n) is 8.01. The summed E-state index contributed by atoms with van der Waals surface area (Å²) >= 11 is 5.65. The van der Waals surface area contributed by atoms with Crippen LogP contribution in [0, 0.1) is 4.64 Å². The molecule has 114 valence electrons. The minimum atomic E-state index is 0.874. The van der Waals surface area contributed by atoms with Crippen LogP contribution in [0.5, 0.6) is 0 Å². The summed E-state index contributed by atoms with van der Waals surface area (Å²) < 4.78 is 2.88. The zero-order chi connectivity index (χ0) is 15.1. The summed E-state index contributed by atoms with van der Waals surface area (Å²) in [5.41, 5.74) is 5.62. The molecule has 0 aliphatic heterocycles. The lowest BCUT2D eigenvalue weighted by molar-refractivity contribution is 0.661. The average Bonchev–Trinajstić information content (AvgIpc) is 2.50. The van der Waals surface area contributed by atoms with Gasteiger partial charge in [-0.25, -0.2) is 9.66 Å². The molecular weight excluding hydrogens is 278 g/mol. The van der Waals surface area contributed by atoms with E-state index in [0.29, 0.717) is 0 Å². The number of aromatic nitrogens is 2. The van der Waals surface area contributed by atoms with Crippen LogP contribution in [0.15, 0.2) is 24.4 Å². The van der Waals surface area contributed by atoms with E-state index in [9.17, 15) is 0 Å². The number of nitrogens with one attached hydrogen (secondary N) is 1. The van der Waals surface area contributed by atoms with Crippen molar-refractivity contribution in [2.45, 2.75) is 52.4 Å². The van der Waals surface area contributed by atoms with E-state index in [2.05, 4.69) is 36.4 Å². The van der Waals surface area contributed by atoms with E-state index < -0.39 is 0 Å². The topological polar surface area (TPSA) is 29.9 Å². The molecule has 0 saturated heterocycles. The van der Waals surface area contributed by atoms with Gasteiger partial charge in [0.2, 0.25) is 0 Å². The first kappa shape index (κ1) is 16.0. The smallest absolute Gasteiger partial charge is 0.159 e. The van der Waals surface area contributed by atoms with Crippen molar-refractivity contribution in [3.8, 4) is 0 Å². The number of nitrogens with zero attached hydrogens (tertiary/aromatic N) is 2. The Labute approximate surface area is 132 Å². The molecule has 1 N–H and O–H groups in total. The average molecular weight is 303 g/mol. The van der Waals surface area contributed by atoms with Gasteiger partial charge in [0.1, 0.15) is 4.64 Å². The van der Waals surface area contributed by atoms with Crippen molar-refractivity contribution in [1.29, 1.82) is 0 Å². The zero-order valence-corrected chi connectivity index (χ0v) is 13.9. The Morgan fingerprint density at radius 1 is 1.19 bits per heavy atom. The molecule has 0 spiro atoms. The van der Waals surface area contributed by atoms with Crippen molar-refractivity contribution in [1.82, 2.24) is 9.66 Å². The second kappa shape index (κ2) is 8.13. The summed E-state index contributed by atoms with van der Waals surface area (Å²) in [6, 6.07) is 6.27. The fourth-order valence-electron chi connectivity index (χ4n) is 2.54. The van der Waals surface area contributed by atoms with Crippen LogP contribution in [0.2, 0.25) is 0 Å². The Hall–Kier alpha value is -1.42. The molecule has 0 saturated carbocycles. The van der Waals surface area contributed by atoms with E-state index in [-0.39, 0.29) is 0 Å². The van der Waals surface area contributed by atoms with E-state index in [1.165, 1.54) is 31.2 Å². The third-order valence-corrected chi connectivity index (χ3v) is 4.10. The lowest BCUT2D eigenvalue weighted by atomic mass is 10.1. The van der Waals surface area contributed by atoms with Crippen LogP contribution in [0.3, 0.4) is 0 Å². The van der Waals surface area contributed by atoms with Gasteiger partial charge in [0.15, 0.2) is 5.65 Å². The molecule has 2 aromatic heterocycles. The van der Waals surface area contributed by atoms with Crippen LogP contribution in [-0.2, 0) is 6.42 Å². The molecule has 0 radical (unpaired) electrons. The molecule has 0 fully saturated rings. The fraction of sp³-hybridized carbons (Fsp3) is 0.529. The summed E-state index contributed by atoms with van der Waals surface area (Å²) in [5.74, 6) is 0. The predicted octanol–water partition coefficient (Wildman–Crippen LogP) is 4.84. The van der Waals surface area contributed by atoms with Gasteiger partial charge in [-0.1, -0.05) is 51.7 Å².